The van der Waals surface area contributed by atoms with E-state index in [0.29, 0.717) is 29.5 Å². The standard InChI is InChI=1S/C19H17ClFN5O3S/c20-14-4-3-5-16(18(14)26-12-22-11-23-26)24-19(27)13-6-7-15(21)17(10-13)30(28,29)25-8-1-2-9-25/h3-7,10-12H,1-2,8-9H2,(H,24,27). The van der Waals surface area contributed by atoms with Gasteiger partial charge < -0.3 is 5.32 Å². The van der Waals surface area contributed by atoms with Crippen LogP contribution in [0.5, 0.6) is 0 Å². The summed E-state index contributed by atoms with van der Waals surface area (Å²) < 4.78 is 42.5. The van der Waals surface area contributed by atoms with Crippen LogP contribution in [0.15, 0.2) is 53.9 Å². The highest BCUT2D eigenvalue weighted by atomic mass is 35.5. The Balaban J connectivity index is 1.67. The number of nitrogens with zero attached hydrogens (tertiary/aromatic N) is 4. The number of carbonyl (C=O) groups is 1. The molecule has 0 atom stereocenters. The van der Waals surface area contributed by atoms with Crippen molar-refractivity contribution in [2.45, 2.75) is 17.7 Å². The zero-order chi connectivity index (χ0) is 21.3. The largest absolute Gasteiger partial charge is 0.320 e. The van der Waals surface area contributed by atoms with Crippen molar-refractivity contribution in [1.82, 2.24) is 19.1 Å². The first-order valence-electron chi connectivity index (χ1n) is 9.12. The van der Waals surface area contributed by atoms with Crippen LogP contribution >= 0.6 is 11.6 Å². The fraction of sp³-hybridized carbons (Fsp3) is 0.211. The third-order valence-electron chi connectivity index (χ3n) is 4.76. The predicted octanol–water partition coefficient (Wildman–Crippen LogP) is 3.10. The summed E-state index contributed by atoms with van der Waals surface area (Å²) in [6.45, 7) is 0.671. The van der Waals surface area contributed by atoms with Gasteiger partial charge in [-0.1, -0.05) is 17.7 Å². The molecule has 0 aliphatic carbocycles. The number of anilines is 1. The highest BCUT2D eigenvalue weighted by Crippen LogP contribution is 2.29. The van der Waals surface area contributed by atoms with E-state index in [4.69, 9.17) is 11.6 Å². The molecule has 156 valence electrons. The van der Waals surface area contributed by atoms with Crippen molar-refractivity contribution in [2.75, 3.05) is 18.4 Å². The van der Waals surface area contributed by atoms with Crippen LogP contribution < -0.4 is 5.32 Å². The Labute approximate surface area is 177 Å². The Morgan fingerprint density at radius 3 is 2.63 bits per heavy atom. The second-order valence-electron chi connectivity index (χ2n) is 6.69. The number of para-hydroxylation sites is 1. The lowest BCUT2D eigenvalue weighted by atomic mass is 10.2. The van der Waals surface area contributed by atoms with Crippen LogP contribution in [0.25, 0.3) is 5.69 Å². The number of nitrogens with one attached hydrogen (secondary N) is 1. The van der Waals surface area contributed by atoms with E-state index < -0.39 is 26.6 Å². The molecular formula is C19H17ClFN5O3S. The van der Waals surface area contributed by atoms with Crippen molar-refractivity contribution in [3.05, 3.63) is 65.5 Å². The topological polar surface area (TPSA) is 97.2 Å². The highest BCUT2D eigenvalue weighted by molar-refractivity contribution is 7.89. The minimum Gasteiger partial charge on any atom is -0.320 e. The van der Waals surface area contributed by atoms with Crippen LogP contribution in [0.4, 0.5) is 10.1 Å². The molecule has 11 heteroatoms. The molecule has 1 aliphatic heterocycles. The van der Waals surface area contributed by atoms with Gasteiger partial charge in [0.15, 0.2) is 0 Å². The van der Waals surface area contributed by atoms with Crippen molar-refractivity contribution in [1.29, 1.82) is 0 Å². The van der Waals surface area contributed by atoms with E-state index in [1.165, 1.54) is 27.7 Å². The second kappa shape index (κ2) is 8.13. The van der Waals surface area contributed by atoms with Crippen molar-refractivity contribution in [3.63, 3.8) is 0 Å². The minimum atomic E-state index is -4.01. The number of rotatable bonds is 5. The molecule has 0 saturated carbocycles. The molecule has 1 aliphatic rings. The second-order valence-corrected chi connectivity index (χ2v) is 9.00. The monoisotopic (exact) mass is 449 g/mol. The summed E-state index contributed by atoms with van der Waals surface area (Å²) in [7, 11) is -4.01. The van der Waals surface area contributed by atoms with Crippen LogP contribution in [-0.2, 0) is 10.0 Å². The van der Waals surface area contributed by atoms with Gasteiger partial charge >= 0.3 is 0 Å². The molecule has 8 nitrogen and oxygen atoms in total. The number of carbonyl (C=O) groups excluding carboxylic acids is 1. The van der Waals surface area contributed by atoms with E-state index in [0.717, 1.165) is 25.0 Å². The highest BCUT2D eigenvalue weighted by Gasteiger charge is 2.30. The van der Waals surface area contributed by atoms with Gasteiger partial charge in [0.05, 0.1) is 10.7 Å². The first-order chi connectivity index (χ1) is 14.4. The number of benzene rings is 2. The van der Waals surface area contributed by atoms with E-state index >= 15 is 0 Å². The smallest absolute Gasteiger partial charge is 0.255 e. The quantitative estimate of drug-likeness (QED) is 0.645. The maximum Gasteiger partial charge on any atom is 0.255 e. The predicted molar refractivity (Wildman–Crippen MR) is 109 cm³/mol. The summed E-state index contributed by atoms with van der Waals surface area (Å²) in [4.78, 5) is 16.2. The van der Waals surface area contributed by atoms with Gasteiger partial charge in [-0.25, -0.2) is 22.5 Å². The Kier molecular flexibility index (Phi) is 5.54. The van der Waals surface area contributed by atoms with Gasteiger partial charge in [0.2, 0.25) is 10.0 Å². The minimum absolute atomic E-state index is 0.00122. The fourth-order valence-corrected chi connectivity index (χ4v) is 5.15. The number of aromatic nitrogens is 3. The SMILES string of the molecule is O=C(Nc1cccc(Cl)c1-n1cncn1)c1ccc(F)c(S(=O)(=O)N2CCCC2)c1. The van der Waals surface area contributed by atoms with Crippen molar-refractivity contribution in [2.24, 2.45) is 0 Å². The third-order valence-corrected chi connectivity index (χ3v) is 6.98. The lowest BCUT2D eigenvalue weighted by molar-refractivity contribution is 0.102. The van der Waals surface area contributed by atoms with Crippen LogP contribution in [0, 0.1) is 5.82 Å². The van der Waals surface area contributed by atoms with E-state index in [9.17, 15) is 17.6 Å². The normalized spacial score (nSPS) is 14.7. The molecule has 4 rings (SSSR count). The molecule has 1 amide bonds. The van der Waals surface area contributed by atoms with Crippen molar-refractivity contribution in [3.8, 4) is 5.69 Å². The summed E-state index contributed by atoms with van der Waals surface area (Å²) in [5.74, 6) is -1.51. The summed E-state index contributed by atoms with van der Waals surface area (Å²) in [6.07, 6.45) is 4.20. The van der Waals surface area contributed by atoms with Gasteiger partial charge in [-0.3, -0.25) is 4.79 Å². The van der Waals surface area contributed by atoms with E-state index in [2.05, 4.69) is 15.4 Å². The van der Waals surface area contributed by atoms with E-state index in [1.807, 2.05) is 0 Å². The zero-order valence-corrected chi connectivity index (χ0v) is 17.2. The third kappa shape index (κ3) is 3.81. The first-order valence-corrected chi connectivity index (χ1v) is 10.9. The lowest BCUT2D eigenvalue weighted by Crippen LogP contribution is -2.29. The number of halogens is 2. The average Bonchev–Trinajstić information content (AvgIpc) is 3.43. The van der Waals surface area contributed by atoms with E-state index in [1.54, 1.807) is 18.2 Å². The van der Waals surface area contributed by atoms with Crippen LogP contribution in [-0.4, -0.2) is 46.5 Å². The summed E-state index contributed by atoms with van der Waals surface area (Å²) >= 11 is 6.25. The van der Waals surface area contributed by atoms with Crippen LogP contribution in [0.2, 0.25) is 5.02 Å². The molecule has 30 heavy (non-hydrogen) atoms. The Hall–Kier alpha value is -2.82. The van der Waals surface area contributed by atoms with Crippen LogP contribution in [0.1, 0.15) is 23.2 Å². The number of sulfonamides is 1. The van der Waals surface area contributed by atoms with Crippen molar-refractivity contribution < 1.29 is 17.6 Å². The summed E-state index contributed by atoms with van der Waals surface area (Å²) in [6, 6.07) is 8.16. The number of hydrogen-bond acceptors (Lipinski definition) is 5. The molecule has 0 bridgehead atoms. The molecule has 1 saturated heterocycles. The van der Waals surface area contributed by atoms with Gasteiger partial charge in [0, 0.05) is 18.7 Å². The van der Waals surface area contributed by atoms with Gasteiger partial charge in [-0.15, -0.1) is 0 Å². The number of amides is 1. The molecule has 2 aromatic carbocycles. The Morgan fingerprint density at radius 2 is 1.93 bits per heavy atom. The zero-order valence-electron chi connectivity index (χ0n) is 15.6. The van der Waals surface area contributed by atoms with Crippen molar-refractivity contribution >= 4 is 33.2 Å². The summed E-state index contributed by atoms with van der Waals surface area (Å²) in [5, 5.41) is 7.03. The van der Waals surface area contributed by atoms with Gasteiger partial charge in [-0.05, 0) is 43.2 Å². The maximum atomic E-state index is 14.3. The summed E-state index contributed by atoms with van der Waals surface area (Å²) in [5.41, 5.74) is 0.738. The molecular weight excluding hydrogens is 433 g/mol. The van der Waals surface area contributed by atoms with Crippen LogP contribution in [0.3, 0.4) is 0 Å². The van der Waals surface area contributed by atoms with Gasteiger partial charge in [0.25, 0.3) is 5.91 Å². The Bertz CT molecular complexity index is 1190. The fourth-order valence-electron chi connectivity index (χ4n) is 3.28. The molecule has 0 unspecified atom stereocenters. The van der Waals surface area contributed by atoms with Gasteiger partial charge in [-0.2, -0.15) is 9.40 Å². The maximum absolute atomic E-state index is 14.3. The van der Waals surface area contributed by atoms with E-state index in [-0.39, 0.29) is 5.56 Å². The molecule has 1 fully saturated rings. The molecule has 2 heterocycles. The van der Waals surface area contributed by atoms with Gasteiger partial charge in [0.1, 0.15) is 29.1 Å². The molecule has 1 aromatic heterocycles. The average molecular weight is 450 g/mol. The molecule has 1 N–H and O–H groups in total. The molecule has 0 radical (unpaired) electrons. The number of hydrogen-bond donors (Lipinski definition) is 1. The molecule has 0 spiro atoms. The Morgan fingerprint density at radius 1 is 1.17 bits per heavy atom. The first kappa shape index (κ1) is 20.5. The lowest BCUT2D eigenvalue weighted by Gasteiger charge is -2.17. The molecule has 3 aromatic rings.